The van der Waals surface area contributed by atoms with E-state index in [0.29, 0.717) is 17.6 Å². The van der Waals surface area contributed by atoms with Crippen molar-refractivity contribution in [2.75, 3.05) is 19.5 Å². The topological polar surface area (TPSA) is 129 Å². The Morgan fingerprint density at radius 2 is 2.35 bits per heavy atom. The van der Waals surface area contributed by atoms with Gasteiger partial charge in [-0.3, -0.25) is 4.57 Å². The van der Waals surface area contributed by atoms with Gasteiger partial charge in [-0.1, -0.05) is 0 Å². The van der Waals surface area contributed by atoms with E-state index in [1.54, 1.807) is 4.57 Å². The van der Waals surface area contributed by atoms with E-state index in [9.17, 15) is 5.11 Å². The summed E-state index contributed by atoms with van der Waals surface area (Å²) < 4.78 is 12.4. The van der Waals surface area contributed by atoms with Gasteiger partial charge in [0.15, 0.2) is 17.0 Å². The minimum absolute atomic E-state index is 0.240. The maximum atomic E-state index is 9.83. The van der Waals surface area contributed by atoms with E-state index < -0.39 is 18.4 Å². The summed E-state index contributed by atoms with van der Waals surface area (Å²) in [7, 11) is 1.47. The quantitative estimate of drug-likeness (QED) is 0.657. The number of aliphatic hydroxyl groups is 2. The van der Waals surface area contributed by atoms with Gasteiger partial charge in [-0.05, 0) is 0 Å². The van der Waals surface area contributed by atoms with Crippen molar-refractivity contribution < 1.29 is 19.7 Å². The molecule has 1 saturated heterocycles. The lowest BCUT2D eigenvalue weighted by Crippen LogP contribution is -2.24. The molecule has 0 amide bonds. The lowest BCUT2D eigenvalue weighted by atomic mass is 10.2. The normalized spacial score (nSPS) is 26.2. The average molecular weight is 281 g/mol. The number of anilines is 1. The van der Waals surface area contributed by atoms with E-state index in [0.717, 1.165) is 0 Å². The molecule has 0 bridgehead atoms. The number of ether oxygens (including phenoxy) is 2. The van der Waals surface area contributed by atoms with Gasteiger partial charge in [0.1, 0.15) is 18.7 Å². The molecule has 1 unspecified atom stereocenters. The largest absolute Gasteiger partial charge is 0.468 e. The Kier molecular flexibility index (Phi) is 3.16. The van der Waals surface area contributed by atoms with Gasteiger partial charge in [0.05, 0.1) is 19.8 Å². The van der Waals surface area contributed by atoms with Crippen LogP contribution in [0.4, 0.5) is 5.82 Å². The van der Waals surface area contributed by atoms with Gasteiger partial charge in [0.2, 0.25) is 0 Å². The van der Waals surface area contributed by atoms with E-state index in [4.69, 9.17) is 20.3 Å². The van der Waals surface area contributed by atoms with Crippen LogP contribution < -0.4 is 10.5 Å². The first-order valence-corrected chi connectivity index (χ1v) is 6.12. The smallest absolute Gasteiger partial charge is 0.300 e. The highest BCUT2D eigenvalue weighted by atomic mass is 16.5. The number of methoxy groups -OCH3 is 1. The number of rotatable bonds is 3. The second-order valence-corrected chi connectivity index (χ2v) is 4.51. The highest BCUT2D eigenvalue weighted by molar-refractivity contribution is 5.82. The number of imidazole rings is 1. The van der Waals surface area contributed by atoms with Crippen molar-refractivity contribution in [3.8, 4) is 6.01 Å². The van der Waals surface area contributed by atoms with Crippen molar-refractivity contribution in [1.82, 2.24) is 19.5 Å². The molecule has 108 valence electrons. The van der Waals surface area contributed by atoms with Crippen LogP contribution in [-0.4, -0.2) is 55.7 Å². The second kappa shape index (κ2) is 4.85. The Morgan fingerprint density at radius 3 is 3.00 bits per heavy atom. The molecule has 1 aliphatic heterocycles. The molecule has 0 spiro atoms. The third-order valence-corrected chi connectivity index (χ3v) is 3.33. The third kappa shape index (κ3) is 1.87. The molecule has 9 nitrogen and oxygen atoms in total. The van der Waals surface area contributed by atoms with Crippen LogP contribution in [0.1, 0.15) is 12.6 Å². The van der Waals surface area contributed by atoms with Crippen molar-refractivity contribution >= 4 is 17.0 Å². The van der Waals surface area contributed by atoms with E-state index in [2.05, 4.69) is 15.0 Å². The van der Waals surface area contributed by atoms with Crippen molar-refractivity contribution in [3.63, 3.8) is 0 Å². The van der Waals surface area contributed by atoms with Gasteiger partial charge < -0.3 is 25.4 Å². The average Bonchev–Trinajstić information content (AvgIpc) is 2.99. The molecule has 2 aromatic rings. The molecule has 0 aliphatic carbocycles. The molecule has 4 N–H and O–H groups in total. The zero-order valence-electron chi connectivity index (χ0n) is 10.8. The van der Waals surface area contributed by atoms with Gasteiger partial charge in [-0.15, -0.1) is 0 Å². The number of hydrogen-bond acceptors (Lipinski definition) is 8. The molecule has 1 fully saturated rings. The van der Waals surface area contributed by atoms with E-state index in [-0.39, 0.29) is 18.4 Å². The molecule has 3 heterocycles. The summed E-state index contributed by atoms with van der Waals surface area (Å²) in [4.78, 5) is 12.2. The minimum Gasteiger partial charge on any atom is -0.468 e. The van der Waals surface area contributed by atoms with Crippen molar-refractivity contribution in [3.05, 3.63) is 6.33 Å². The van der Waals surface area contributed by atoms with Crippen LogP contribution in [0.15, 0.2) is 6.33 Å². The van der Waals surface area contributed by atoms with E-state index in [1.807, 2.05) is 0 Å². The van der Waals surface area contributed by atoms with Crippen molar-refractivity contribution in [2.45, 2.75) is 24.9 Å². The minimum atomic E-state index is -0.758. The summed E-state index contributed by atoms with van der Waals surface area (Å²) in [6.07, 6.45) is -0.301. The Bertz CT molecular complexity index is 631. The van der Waals surface area contributed by atoms with Gasteiger partial charge in [0, 0.05) is 6.42 Å². The van der Waals surface area contributed by atoms with Crippen LogP contribution in [0.5, 0.6) is 6.01 Å². The number of nitrogens with two attached hydrogens (primary N) is 1. The molecule has 3 atom stereocenters. The Balaban J connectivity index is 2.09. The summed E-state index contributed by atoms with van der Waals surface area (Å²) in [5.74, 6) is 0.240. The van der Waals surface area contributed by atoms with Crippen LogP contribution >= 0.6 is 0 Å². The Hall–Kier alpha value is -1.97. The molecule has 9 heteroatoms. The lowest BCUT2D eigenvalue weighted by Gasteiger charge is -2.15. The molecule has 0 saturated carbocycles. The third-order valence-electron chi connectivity index (χ3n) is 3.33. The zero-order chi connectivity index (χ0) is 14.3. The maximum Gasteiger partial charge on any atom is 0.300 e. The zero-order valence-corrected chi connectivity index (χ0v) is 10.8. The molecule has 0 radical (unpaired) electrons. The van der Waals surface area contributed by atoms with E-state index in [1.165, 1.54) is 13.4 Å². The van der Waals surface area contributed by atoms with Crippen molar-refractivity contribution in [1.29, 1.82) is 0 Å². The molecule has 3 rings (SSSR count). The predicted molar refractivity (Wildman–Crippen MR) is 67.9 cm³/mol. The first-order chi connectivity index (χ1) is 9.65. The lowest BCUT2D eigenvalue weighted by molar-refractivity contribution is -0.0450. The number of nitrogen functional groups attached to an aromatic ring is 1. The highest BCUT2D eigenvalue weighted by Gasteiger charge is 2.37. The van der Waals surface area contributed by atoms with Crippen LogP contribution in [-0.2, 0) is 4.74 Å². The van der Waals surface area contributed by atoms with Gasteiger partial charge in [-0.2, -0.15) is 4.98 Å². The van der Waals surface area contributed by atoms with Crippen molar-refractivity contribution in [2.24, 2.45) is 0 Å². The molecule has 20 heavy (non-hydrogen) atoms. The van der Waals surface area contributed by atoms with Gasteiger partial charge in [-0.25, -0.2) is 9.97 Å². The van der Waals surface area contributed by atoms with Crippen LogP contribution in [0, 0.1) is 0 Å². The standard InChI is InChI=1S/C11H15N5O4/c1-19-11-15-8-9(12)13-4-14-10(8)16(11)7-2-5(18)6(3-17)20-7/h4-7,17-18H,2-3H2,1H3,(H2,12,13,14)/t5?,6-,7-/m1/s1. The number of aliphatic hydroxyl groups excluding tert-OH is 2. The molecule has 0 aromatic carbocycles. The number of fused-ring (bicyclic) bond motifs is 1. The number of nitrogens with zero attached hydrogens (tertiary/aromatic N) is 4. The van der Waals surface area contributed by atoms with E-state index >= 15 is 0 Å². The summed E-state index contributed by atoms with van der Waals surface area (Å²) in [6.45, 7) is -0.260. The van der Waals surface area contributed by atoms with Gasteiger partial charge in [0.25, 0.3) is 0 Å². The fourth-order valence-electron chi connectivity index (χ4n) is 2.35. The highest BCUT2D eigenvalue weighted by Crippen LogP contribution is 2.35. The number of hydrogen-bond donors (Lipinski definition) is 3. The van der Waals surface area contributed by atoms with Gasteiger partial charge >= 0.3 is 6.01 Å². The molecule has 2 aromatic heterocycles. The summed E-state index contributed by atoms with van der Waals surface area (Å²) >= 11 is 0. The van der Waals surface area contributed by atoms with Crippen LogP contribution in [0.2, 0.25) is 0 Å². The van der Waals surface area contributed by atoms with Crippen LogP contribution in [0.25, 0.3) is 11.2 Å². The monoisotopic (exact) mass is 281 g/mol. The maximum absolute atomic E-state index is 9.83. The first kappa shape index (κ1) is 13.0. The Morgan fingerprint density at radius 1 is 1.55 bits per heavy atom. The molecular formula is C11H15N5O4. The summed E-state index contributed by atoms with van der Waals surface area (Å²) in [5, 5.41) is 19.0. The first-order valence-electron chi connectivity index (χ1n) is 6.12. The fraction of sp³-hybridized carbons (Fsp3) is 0.545. The molecule has 1 aliphatic rings. The van der Waals surface area contributed by atoms with Crippen LogP contribution in [0.3, 0.4) is 0 Å². The SMILES string of the molecule is COc1nc2c(N)ncnc2n1[C@H]1CC(O)[C@@H](CO)O1. The number of aromatic nitrogens is 4. The second-order valence-electron chi connectivity index (χ2n) is 4.51. The summed E-state index contributed by atoms with van der Waals surface area (Å²) in [5.41, 5.74) is 6.63. The molecular weight excluding hydrogens is 266 g/mol. The Labute approximate surface area is 114 Å². The predicted octanol–water partition coefficient (Wildman–Crippen LogP) is -0.942. The summed E-state index contributed by atoms with van der Waals surface area (Å²) in [6, 6.07) is 0.267. The fourth-order valence-corrected chi connectivity index (χ4v) is 2.35.